The summed E-state index contributed by atoms with van der Waals surface area (Å²) in [5, 5.41) is 0. The molecular formula is C17H20N2O6. The molecule has 3 amide bonds. The Bertz CT molecular complexity index is 683. The van der Waals surface area contributed by atoms with Crippen LogP contribution in [0.1, 0.15) is 31.1 Å². The van der Waals surface area contributed by atoms with Crippen LogP contribution in [0.4, 0.5) is 10.5 Å². The number of rotatable bonds is 6. The Balaban J connectivity index is 2.06. The lowest BCUT2D eigenvalue weighted by atomic mass is 10.2. The van der Waals surface area contributed by atoms with Gasteiger partial charge in [-0.3, -0.25) is 14.5 Å². The largest absolute Gasteiger partial charge is 0.462 e. The van der Waals surface area contributed by atoms with E-state index in [1.807, 2.05) is 0 Å². The lowest BCUT2D eigenvalue weighted by Crippen LogP contribution is -2.36. The van der Waals surface area contributed by atoms with E-state index in [0.717, 1.165) is 4.90 Å². The second-order valence-corrected chi connectivity index (χ2v) is 5.71. The monoisotopic (exact) mass is 348 g/mol. The maximum Gasteiger partial charge on any atom is 0.338 e. The summed E-state index contributed by atoms with van der Waals surface area (Å²) in [6.45, 7) is 4.73. The van der Waals surface area contributed by atoms with Crippen LogP contribution < -0.4 is 4.90 Å². The molecule has 0 aromatic heterocycles. The molecule has 1 saturated heterocycles. The molecule has 1 aromatic carbocycles. The molecule has 0 unspecified atom stereocenters. The molecule has 1 aliphatic heterocycles. The van der Waals surface area contributed by atoms with Gasteiger partial charge in [0.25, 0.3) is 5.91 Å². The first-order chi connectivity index (χ1) is 11.8. The van der Waals surface area contributed by atoms with Gasteiger partial charge >= 0.3 is 18.0 Å². The number of imide groups is 1. The molecule has 0 aliphatic carbocycles. The zero-order valence-electron chi connectivity index (χ0n) is 14.4. The Morgan fingerprint density at radius 3 is 2.32 bits per heavy atom. The molecule has 2 rings (SSSR count). The Morgan fingerprint density at radius 1 is 1.12 bits per heavy atom. The molecule has 0 saturated carbocycles. The SMILES string of the molecule is CCOC(=O)c1ccc(N2CC(=O)N(COC(=O)C(C)C)C2=O)cc1. The number of urea groups is 1. The third-order valence-electron chi connectivity index (χ3n) is 3.55. The van der Waals surface area contributed by atoms with Gasteiger partial charge < -0.3 is 9.47 Å². The predicted molar refractivity (Wildman–Crippen MR) is 87.8 cm³/mol. The molecule has 134 valence electrons. The Kier molecular flexibility index (Phi) is 5.74. The fourth-order valence-corrected chi connectivity index (χ4v) is 2.16. The summed E-state index contributed by atoms with van der Waals surface area (Å²) in [4.78, 5) is 49.6. The number of hydrogen-bond donors (Lipinski definition) is 0. The third kappa shape index (κ3) is 4.14. The van der Waals surface area contributed by atoms with Crippen molar-refractivity contribution in [3.63, 3.8) is 0 Å². The molecule has 1 aliphatic rings. The number of esters is 2. The van der Waals surface area contributed by atoms with Gasteiger partial charge in [0.05, 0.1) is 18.1 Å². The fraction of sp³-hybridized carbons (Fsp3) is 0.412. The van der Waals surface area contributed by atoms with Crippen molar-refractivity contribution in [1.29, 1.82) is 0 Å². The van der Waals surface area contributed by atoms with Gasteiger partial charge in [0.15, 0.2) is 6.73 Å². The van der Waals surface area contributed by atoms with Crippen LogP contribution in [0.5, 0.6) is 0 Å². The predicted octanol–water partition coefficient (Wildman–Crippen LogP) is 1.79. The molecule has 1 fully saturated rings. The number of ether oxygens (including phenoxy) is 2. The summed E-state index contributed by atoms with van der Waals surface area (Å²) in [5.41, 5.74) is 0.815. The second-order valence-electron chi connectivity index (χ2n) is 5.71. The number of hydrogen-bond acceptors (Lipinski definition) is 6. The van der Waals surface area contributed by atoms with E-state index in [0.29, 0.717) is 11.3 Å². The topological polar surface area (TPSA) is 93.2 Å². The lowest BCUT2D eigenvalue weighted by Gasteiger charge is -2.17. The van der Waals surface area contributed by atoms with Crippen molar-refractivity contribution < 1.29 is 28.7 Å². The van der Waals surface area contributed by atoms with Gasteiger partial charge in [-0.1, -0.05) is 13.8 Å². The van der Waals surface area contributed by atoms with E-state index < -0.39 is 30.6 Å². The molecule has 0 N–H and O–H groups in total. The number of nitrogens with zero attached hydrogens (tertiary/aromatic N) is 2. The van der Waals surface area contributed by atoms with E-state index >= 15 is 0 Å². The minimum atomic E-state index is -0.578. The summed E-state index contributed by atoms with van der Waals surface area (Å²) in [6, 6.07) is 5.58. The van der Waals surface area contributed by atoms with Crippen LogP contribution in [-0.4, -0.2) is 48.7 Å². The van der Waals surface area contributed by atoms with Gasteiger partial charge in [0.2, 0.25) is 0 Å². The van der Waals surface area contributed by atoms with Crippen molar-refractivity contribution in [1.82, 2.24) is 4.90 Å². The zero-order chi connectivity index (χ0) is 18.6. The number of carbonyl (C=O) groups excluding carboxylic acids is 4. The summed E-state index contributed by atoms with van der Waals surface area (Å²) in [5.74, 6) is -1.76. The molecule has 1 aromatic rings. The highest BCUT2D eigenvalue weighted by Crippen LogP contribution is 2.22. The summed E-state index contributed by atoms with van der Waals surface area (Å²) < 4.78 is 9.84. The van der Waals surface area contributed by atoms with Crippen molar-refractivity contribution in [3.05, 3.63) is 29.8 Å². The highest BCUT2D eigenvalue weighted by molar-refractivity contribution is 6.12. The number of benzene rings is 1. The number of anilines is 1. The summed E-state index contributed by atoms with van der Waals surface area (Å²) >= 11 is 0. The van der Waals surface area contributed by atoms with E-state index in [1.165, 1.54) is 17.0 Å². The van der Waals surface area contributed by atoms with Gasteiger partial charge in [-0.05, 0) is 31.2 Å². The Morgan fingerprint density at radius 2 is 1.76 bits per heavy atom. The van der Waals surface area contributed by atoms with Crippen LogP contribution in [0.2, 0.25) is 0 Å². The maximum absolute atomic E-state index is 12.4. The Hall–Kier alpha value is -2.90. The third-order valence-corrected chi connectivity index (χ3v) is 3.55. The summed E-state index contributed by atoms with van der Waals surface area (Å²) in [7, 11) is 0. The summed E-state index contributed by atoms with van der Waals surface area (Å²) in [6.07, 6.45) is 0. The van der Waals surface area contributed by atoms with E-state index in [9.17, 15) is 19.2 Å². The molecule has 0 spiro atoms. The highest BCUT2D eigenvalue weighted by Gasteiger charge is 2.37. The van der Waals surface area contributed by atoms with Gasteiger partial charge in [0.1, 0.15) is 6.54 Å². The normalized spacial score (nSPS) is 14.2. The first kappa shape index (κ1) is 18.4. The van der Waals surface area contributed by atoms with Crippen molar-refractivity contribution in [3.8, 4) is 0 Å². The van der Waals surface area contributed by atoms with Crippen molar-refractivity contribution >= 4 is 29.6 Å². The first-order valence-corrected chi connectivity index (χ1v) is 7.90. The standard InChI is InChI=1S/C17H20N2O6/c1-4-24-16(22)12-5-7-13(8-6-12)18-9-14(20)19(17(18)23)10-25-15(21)11(2)3/h5-8,11H,4,9-10H2,1-3H3. The van der Waals surface area contributed by atoms with Crippen LogP contribution in [0.25, 0.3) is 0 Å². The van der Waals surface area contributed by atoms with E-state index in [4.69, 9.17) is 9.47 Å². The van der Waals surface area contributed by atoms with Crippen LogP contribution in [0.3, 0.4) is 0 Å². The number of amides is 3. The molecule has 0 atom stereocenters. The molecule has 8 nitrogen and oxygen atoms in total. The maximum atomic E-state index is 12.4. The van der Waals surface area contributed by atoms with Crippen LogP contribution in [-0.2, 0) is 19.1 Å². The second kappa shape index (κ2) is 7.78. The molecule has 25 heavy (non-hydrogen) atoms. The minimum absolute atomic E-state index is 0.156. The smallest absolute Gasteiger partial charge is 0.338 e. The van der Waals surface area contributed by atoms with E-state index in [1.54, 1.807) is 32.9 Å². The van der Waals surface area contributed by atoms with Crippen molar-refractivity contribution in [2.75, 3.05) is 24.8 Å². The van der Waals surface area contributed by atoms with Gasteiger partial charge in [0, 0.05) is 5.69 Å². The quantitative estimate of drug-likeness (QED) is 0.575. The van der Waals surface area contributed by atoms with Crippen molar-refractivity contribution in [2.24, 2.45) is 5.92 Å². The number of carbonyl (C=O) groups is 4. The van der Waals surface area contributed by atoms with Crippen LogP contribution in [0, 0.1) is 5.92 Å². The van der Waals surface area contributed by atoms with Gasteiger partial charge in [-0.2, -0.15) is 0 Å². The van der Waals surface area contributed by atoms with Crippen LogP contribution in [0.15, 0.2) is 24.3 Å². The minimum Gasteiger partial charge on any atom is -0.462 e. The fourth-order valence-electron chi connectivity index (χ4n) is 2.16. The zero-order valence-corrected chi connectivity index (χ0v) is 14.4. The average Bonchev–Trinajstić information content (AvgIpc) is 2.87. The van der Waals surface area contributed by atoms with Gasteiger partial charge in [-0.25, -0.2) is 14.5 Å². The van der Waals surface area contributed by atoms with E-state index in [-0.39, 0.29) is 19.1 Å². The van der Waals surface area contributed by atoms with Gasteiger partial charge in [-0.15, -0.1) is 0 Å². The molecule has 8 heteroatoms. The van der Waals surface area contributed by atoms with E-state index in [2.05, 4.69) is 0 Å². The first-order valence-electron chi connectivity index (χ1n) is 7.90. The lowest BCUT2D eigenvalue weighted by molar-refractivity contribution is -0.152. The highest BCUT2D eigenvalue weighted by atomic mass is 16.5. The molecule has 1 heterocycles. The Labute approximate surface area is 145 Å². The molecular weight excluding hydrogens is 328 g/mol. The molecule has 0 radical (unpaired) electrons. The molecule has 0 bridgehead atoms. The average molecular weight is 348 g/mol. The van der Waals surface area contributed by atoms with Crippen molar-refractivity contribution in [2.45, 2.75) is 20.8 Å². The van der Waals surface area contributed by atoms with Crippen LogP contribution >= 0.6 is 0 Å².